The summed E-state index contributed by atoms with van der Waals surface area (Å²) < 4.78 is 1.76. The van der Waals surface area contributed by atoms with Gasteiger partial charge in [0, 0.05) is 17.6 Å². The van der Waals surface area contributed by atoms with Crippen molar-refractivity contribution in [3.8, 4) is 0 Å². The van der Waals surface area contributed by atoms with Crippen LogP contribution in [0.2, 0.25) is 0 Å². The van der Waals surface area contributed by atoms with Crippen LogP contribution >= 0.6 is 11.3 Å². The lowest BCUT2D eigenvalue weighted by Gasteiger charge is -2.01. The molecule has 0 unspecified atom stereocenters. The Morgan fingerprint density at radius 1 is 1.53 bits per heavy atom. The van der Waals surface area contributed by atoms with E-state index in [4.69, 9.17) is 0 Å². The number of hydrogen-bond donors (Lipinski definition) is 0. The molecule has 0 N–H and O–H groups in total. The first-order chi connectivity index (χ1) is 8.29. The third-order valence-corrected chi connectivity index (χ3v) is 4.45. The number of carbonyl (C=O) groups is 1. The van der Waals surface area contributed by atoms with Crippen LogP contribution in [0.3, 0.4) is 0 Å². The Kier molecular flexibility index (Phi) is 2.59. The summed E-state index contributed by atoms with van der Waals surface area (Å²) in [6, 6.07) is 3.87. The number of rotatable bonds is 3. The lowest BCUT2D eigenvalue weighted by Crippen LogP contribution is -2.09. The third-order valence-electron chi connectivity index (χ3n) is 3.22. The lowest BCUT2D eigenvalue weighted by molar-refractivity contribution is 0.103. The van der Waals surface area contributed by atoms with Gasteiger partial charge < -0.3 is 0 Å². The molecule has 0 aromatic carbocycles. The van der Waals surface area contributed by atoms with Gasteiger partial charge in [0.25, 0.3) is 0 Å². The van der Waals surface area contributed by atoms with Gasteiger partial charge in [-0.25, -0.2) is 0 Å². The maximum Gasteiger partial charge on any atom is 0.220 e. The van der Waals surface area contributed by atoms with Crippen LogP contribution in [0.1, 0.15) is 39.2 Å². The predicted molar refractivity (Wildman–Crippen MR) is 67.7 cm³/mol. The molecule has 0 atom stereocenters. The third kappa shape index (κ3) is 1.72. The van der Waals surface area contributed by atoms with Gasteiger partial charge in [0.15, 0.2) is 0 Å². The smallest absolute Gasteiger partial charge is 0.220 e. The Hall–Kier alpha value is -1.42. The van der Waals surface area contributed by atoms with E-state index in [1.165, 1.54) is 16.9 Å². The van der Waals surface area contributed by atoms with Gasteiger partial charge in [0.2, 0.25) is 5.78 Å². The van der Waals surface area contributed by atoms with E-state index in [9.17, 15) is 4.79 Å². The molecule has 88 valence electrons. The van der Waals surface area contributed by atoms with Crippen LogP contribution in [0.15, 0.2) is 18.3 Å². The van der Waals surface area contributed by atoms with Crippen LogP contribution in [0.25, 0.3) is 0 Å². The van der Waals surface area contributed by atoms with E-state index < -0.39 is 0 Å². The average molecular weight is 246 g/mol. The summed E-state index contributed by atoms with van der Waals surface area (Å²) in [5.74, 6) is 0.115. The van der Waals surface area contributed by atoms with Crippen LogP contribution in [0, 0.1) is 0 Å². The highest BCUT2D eigenvalue weighted by Crippen LogP contribution is 2.31. The number of carbonyl (C=O) groups excluding carboxylic acids is 1. The molecule has 1 aliphatic rings. The highest BCUT2D eigenvalue weighted by molar-refractivity contribution is 7.14. The Bertz CT molecular complexity index is 546. The van der Waals surface area contributed by atoms with Crippen molar-refractivity contribution >= 4 is 17.1 Å². The highest BCUT2D eigenvalue weighted by atomic mass is 32.1. The molecule has 17 heavy (non-hydrogen) atoms. The molecular formula is C13H14N2OS. The summed E-state index contributed by atoms with van der Waals surface area (Å²) in [4.78, 5) is 14.6. The van der Waals surface area contributed by atoms with E-state index >= 15 is 0 Å². The van der Waals surface area contributed by atoms with Crippen molar-refractivity contribution in [1.29, 1.82) is 0 Å². The minimum absolute atomic E-state index is 0.115. The summed E-state index contributed by atoms with van der Waals surface area (Å²) >= 11 is 1.66. The van der Waals surface area contributed by atoms with Crippen molar-refractivity contribution < 1.29 is 4.79 Å². The Morgan fingerprint density at radius 3 is 3.18 bits per heavy atom. The van der Waals surface area contributed by atoms with Crippen molar-refractivity contribution in [3.63, 3.8) is 0 Å². The van der Waals surface area contributed by atoms with Gasteiger partial charge in [-0.2, -0.15) is 5.10 Å². The van der Waals surface area contributed by atoms with Gasteiger partial charge in [-0.05, 0) is 43.9 Å². The number of ketones is 1. The second-order valence-corrected chi connectivity index (χ2v) is 5.41. The van der Waals surface area contributed by atoms with E-state index in [1.807, 2.05) is 6.92 Å². The van der Waals surface area contributed by atoms with E-state index in [0.29, 0.717) is 5.69 Å². The summed E-state index contributed by atoms with van der Waals surface area (Å²) in [5, 5.41) is 4.15. The molecule has 0 amide bonds. The summed E-state index contributed by atoms with van der Waals surface area (Å²) in [7, 11) is 0. The molecule has 0 saturated heterocycles. The van der Waals surface area contributed by atoms with Gasteiger partial charge in [0.05, 0.1) is 4.88 Å². The van der Waals surface area contributed by atoms with Crippen LogP contribution < -0.4 is 0 Å². The Labute approximate surface area is 104 Å². The number of thiophene rings is 1. The lowest BCUT2D eigenvalue weighted by atomic mass is 10.2. The summed E-state index contributed by atoms with van der Waals surface area (Å²) in [6.45, 7) is 2.73. The number of hydrogen-bond acceptors (Lipinski definition) is 3. The molecule has 0 aliphatic heterocycles. The van der Waals surface area contributed by atoms with Crippen molar-refractivity contribution in [2.75, 3.05) is 0 Å². The van der Waals surface area contributed by atoms with Gasteiger partial charge in [-0.3, -0.25) is 9.48 Å². The van der Waals surface area contributed by atoms with Crippen molar-refractivity contribution in [2.45, 2.75) is 32.7 Å². The average Bonchev–Trinajstić information content (AvgIpc) is 3.02. The van der Waals surface area contributed by atoms with E-state index in [-0.39, 0.29) is 5.78 Å². The Balaban J connectivity index is 1.96. The largest absolute Gasteiger partial charge is 0.286 e. The maximum absolute atomic E-state index is 12.3. The first-order valence-electron chi connectivity index (χ1n) is 5.97. The molecule has 2 aromatic rings. The molecule has 0 saturated carbocycles. The van der Waals surface area contributed by atoms with Gasteiger partial charge in [-0.15, -0.1) is 11.3 Å². The molecular weight excluding hydrogens is 232 g/mol. The van der Waals surface area contributed by atoms with Crippen molar-refractivity contribution in [2.24, 2.45) is 0 Å². The van der Waals surface area contributed by atoms with Gasteiger partial charge in [-0.1, -0.05) is 0 Å². The van der Waals surface area contributed by atoms with Crippen molar-refractivity contribution in [3.05, 3.63) is 39.3 Å². The molecule has 1 aliphatic carbocycles. The van der Waals surface area contributed by atoms with Crippen molar-refractivity contribution in [1.82, 2.24) is 9.78 Å². The van der Waals surface area contributed by atoms with E-state index in [0.717, 1.165) is 24.3 Å². The van der Waals surface area contributed by atoms with Crippen LogP contribution in [0.5, 0.6) is 0 Å². The van der Waals surface area contributed by atoms with Gasteiger partial charge in [0.1, 0.15) is 5.69 Å². The van der Waals surface area contributed by atoms with E-state index in [2.05, 4.69) is 11.2 Å². The fourth-order valence-corrected chi connectivity index (χ4v) is 3.55. The minimum Gasteiger partial charge on any atom is -0.286 e. The quantitative estimate of drug-likeness (QED) is 0.780. The van der Waals surface area contributed by atoms with Crippen LogP contribution in [-0.4, -0.2) is 15.6 Å². The standard InChI is InChI=1S/C13H14N2OS/c1-2-15-10(6-7-14-15)13(16)12-8-9-4-3-5-11(9)17-12/h6-8H,2-5H2,1H3. The van der Waals surface area contributed by atoms with Gasteiger partial charge >= 0.3 is 0 Å². The second-order valence-electron chi connectivity index (χ2n) is 4.27. The molecule has 0 radical (unpaired) electrons. The van der Waals surface area contributed by atoms with Crippen LogP contribution in [-0.2, 0) is 19.4 Å². The molecule has 3 nitrogen and oxygen atoms in total. The van der Waals surface area contributed by atoms with Crippen LogP contribution in [0.4, 0.5) is 0 Å². The highest BCUT2D eigenvalue weighted by Gasteiger charge is 2.21. The molecule has 3 rings (SSSR count). The zero-order chi connectivity index (χ0) is 11.8. The molecule has 0 spiro atoms. The normalized spacial score (nSPS) is 13.9. The first kappa shape index (κ1) is 10.7. The minimum atomic E-state index is 0.115. The summed E-state index contributed by atoms with van der Waals surface area (Å²) in [5.41, 5.74) is 2.08. The molecule has 2 heterocycles. The molecule has 0 bridgehead atoms. The fourth-order valence-electron chi connectivity index (χ4n) is 2.34. The topological polar surface area (TPSA) is 34.9 Å². The summed E-state index contributed by atoms with van der Waals surface area (Å²) in [6.07, 6.45) is 5.20. The molecule has 2 aromatic heterocycles. The van der Waals surface area contributed by atoms with E-state index in [1.54, 1.807) is 28.3 Å². The predicted octanol–water partition coefficient (Wildman–Crippen LogP) is 2.68. The zero-order valence-electron chi connectivity index (χ0n) is 9.77. The second kappa shape index (κ2) is 4.11. The Morgan fingerprint density at radius 2 is 2.41 bits per heavy atom. The SMILES string of the molecule is CCn1nccc1C(=O)c1cc2c(s1)CCC2. The molecule has 0 fully saturated rings. The fraction of sp³-hybridized carbons (Fsp3) is 0.385. The molecule has 4 heteroatoms. The number of fused-ring (bicyclic) bond motifs is 1. The zero-order valence-corrected chi connectivity index (χ0v) is 10.6. The monoisotopic (exact) mass is 246 g/mol. The first-order valence-corrected chi connectivity index (χ1v) is 6.79. The number of nitrogens with zero attached hydrogens (tertiary/aromatic N) is 2. The number of aryl methyl sites for hydroxylation is 3. The maximum atomic E-state index is 12.3. The number of aromatic nitrogens is 2.